The number of carbonyl (C=O) groups excluding carboxylic acids is 3. The number of primary amides is 1. The molecule has 2 aromatic carbocycles. The highest BCUT2D eigenvalue weighted by Gasteiger charge is 2.13. The van der Waals surface area contributed by atoms with E-state index in [1.54, 1.807) is 36.4 Å². The molecule has 2 aromatic rings. The van der Waals surface area contributed by atoms with Gasteiger partial charge in [0.05, 0.1) is 7.11 Å². The third kappa shape index (κ3) is 4.33. The Kier molecular flexibility index (Phi) is 5.51. The molecule has 7 nitrogen and oxygen atoms in total. The summed E-state index contributed by atoms with van der Waals surface area (Å²) in [5.41, 5.74) is 6.22. The Morgan fingerprint density at radius 3 is 2.33 bits per heavy atom. The highest BCUT2D eigenvalue weighted by molar-refractivity contribution is 5.95. The molecule has 0 aliphatic rings. The third-order valence-corrected chi connectivity index (χ3v) is 3.10. The number of esters is 1. The minimum Gasteiger partial charge on any atom is -0.483 e. The minimum atomic E-state index is -0.548. The number of hydrogen-bond acceptors (Lipinski definition) is 5. The van der Waals surface area contributed by atoms with Gasteiger partial charge in [0.2, 0.25) is 5.91 Å². The molecule has 0 aliphatic heterocycles. The van der Waals surface area contributed by atoms with E-state index in [2.05, 4.69) is 10.1 Å². The molecule has 0 spiro atoms. The molecule has 0 saturated heterocycles. The summed E-state index contributed by atoms with van der Waals surface area (Å²) in [5.74, 6) is -1.26. The predicted octanol–water partition coefficient (Wildman–Crippen LogP) is 1.59. The molecule has 0 atom stereocenters. The molecule has 7 heteroatoms. The quantitative estimate of drug-likeness (QED) is 0.783. The maximum Gasteiger partial charge on any atom is 0.341 e. The fourth-order valence-corrected chi connectivity index (χ4v) is 1.93. The van der Waals surface area contributed by atoms with Crippen molar-refractivity contribution >= 4 is 23.5 Å². The van der Waals surface area contributed by atoms with Crippen molar-refractivity contribution in [2.45, 2.75) is 0 Å². The van der Waals surface area contributed by atoms with Crippen molar-refractivity contribution in [3.05, 3.63) is 59.7 Å². The number of carbonyl (C=O) groups is 3. The number of anilines is 1. The van der Waals surface area contributed by atoms with E-state index in [9.17, 15) is 14.4 Å². The van der Waals surface area contributed by atoms with Crippen LogP contribution in [0.5, 0.6) is 5.75 Å². The number of amides is 2. The van der Waals surface area contributed by atoms with Crippen LogP contribution in [0.4, 0.5) is 5.69 Å². The van der Waals surface area contributed by atoms with E-state index < -0.39 is 17.8 Å². The molecule has 124 valence electrons. The number of ether oxygens (including phenoxy) is 2. The van der Waals surface area contributed by atoms with Crippen molar-refractivity contribution in [3.63, 3.8) is 0 Å². The van der Waals surface area contributed by atoms with Crippen LogP contribution in [0, 0.1) is 0 Å². The molecule has 0 fully saturated rings. The van der Waals surface area contributed by atoms with Crippen molar-refractivity contribution in [1.82, 2.24) is 0 Å². The average Bonchev–Trinajstić information content (AvgIpc) is 2.60. The van der Waals surface area contributed by atoms with Crippen LogP contribution in [0.15, 0.2) is 48.5 Å². The van der Waals surface area contributed by atoms with E-state index in [1.807, 2.05) is 0 Å². The fourth-order valence-electron chi connectivity index (χ4n) is 1.93. The first-order valence-electron chi connectivity index (χ1n) is 7.01. The van der Waals surface area contributed by atoms with Crippen LogP contribution >= 0.6 is 0 Å². The standard InChI is InChI=1S/C17H16N2O5/c1-23-17(22)13-4-2-3-5-14(13)24-10-15(20)19-12-8-6-11(7-9-12)16(18)21/h2-9H,10H2,1H3,(H2,18,21)(H,19,20). The number of hydrogen-bond donors (Lipinski definition) is 2. The molecule has 24 heavy (non-hydrogen) atoms. The smallest absolute Gasteiger partial charge is 0.341 e. The first kappa shape index (κ1) is 17.0. The minimum absolute atomic E-state index is 0.235. The summed E-state index contributed by atoms with van der Waals surface area (Å²) in [7, 11) is 1.27. The summed E-state index contributed by atoms with van der Waals surface area (Å²) in [6, 6.07) is 12.6. The largest absolute Gasteiger partial charge is 0.483 e. The first-order chi connectivity index (χ1) is 11.5. The molecule has 0 aromatic heterocycles. The van der Waals surface area contributed by atoms with Gasteiger partial charge >= 0.3 is 5.97 Å². The Bertz CT molecular complexity index is 756. The van der Waals surface area contributed by atoms with E-state index >= 15 is 0 Å². The van der Waals surface area contributed by atoms with E-state index in [0.29, 0.717) is 11.3 Å². The fraction of sp³-hybridized carbons (Fsp3) is 0.118. The lowest BCUT2D eigenvalue weighted by molar-refractivity contribution is -0.118. The molecule has 2 rings (SSSR count). The van der Waals surface area contributed by atoms with Gasteiger partial charge in [-0.25, -0.2) is 4.79 Å². The van der Waals surface area contributed by atoms with Crippen molar-refractivity contribution in [2.75, 3.05) is 19.0 Å². The second-order valence-corrected chi connectivity index (χ2v) is 4.77. The first-order valence-corrected chi connectivity index (χ1v) is 7.01. The molecule has 0 bridgehead atoms. The van der Waals surface area contributed by atoms with Gasteiger partial charge in [-0.1, -0.05) is 12.1 Å². The zero-order valence-corrected chi connectivity index (χ0v) is 12.9. The molecule has 0 heterocycles. The van der Waals surface area contributed by atoms with Gasteiger partial charge in [-0.2, -0.15) is 0 Å². The van der Waals surface area contributed by atoms with Gasteiger partial charge in [0, 0.05) is 11.3 Å². The van der Waals surface area contributed by atoms with Crippen LogP contribution in [0.3, 0.4) is 0 Å². The zero-order valence-electron chi connectivity index (χ0n) is 12.9. The Morgan fingerprint density at radius 2 is 1.71 bits per heavy atom. The molecular weight excluding hydrogens is 312 g/mol. The molecule has 0 radical (unpaired) electrons. The Hall–Kier alpha value is -3.35. The number of nitrogens with one attached hydrogen (secondary N) is 1. The summed E-state index contributed by atoms with van der Waals surface area (Å²) in [6.45, 7) is -0.286. The van der Waals surface area contributed by atoms with Crippen LogP contribution in [-0.2, 0) is 9.53 Å². The Morgan fingerprint density at radius 1 is 1.04 bits per heavy atom. The van der Waals surface area contributed by atoms with Gasteiger partial charge in [0.15, 0.2) is 6.61 Å². The van der Waals surface area contributed by atoms with Gasteiger partial charge in [-0.3, -0.25) is 9.59 Å². The number of para-hydroxylation sites is 1. The topological polar surface area (TPSA) is 108 Å². The predicted molar refractivity (Wildman–Crippen MR) is 86.9 cm³/mol. The molecule has 0 aliphatic carbocycles. The maximum absolute atomic E-state index is 11.9. The number of rotatable bonds is 6. The lowest BCUT2D eigenvalue weighted by Gasteiger charge is -2.10. The summed E-state index contributed by atoms with van der Waals surface area (Å²) in [4.78, 5) is 34.5. The van der Waals surface area contributed by atoms with E-state index in [1.165, 1.54) is 19.2 Å². The molecule has 2 amide bonds. The highest BCUT2D eigenvalue weighted by Crippen LogP contribution is 2.18. The summed E-state index contributed by atoms with van der Waals surface area (Å²) in [6.07, 6.45) is 0. The summed E-state index contributed by atoms with van der Waals surface area (Å²) < 4.78 is 10.0. The highest BCUT2D eigenvalue weighted by atomic mass is 16.5. The normalized spacial score (nSPS) is 9.88. The number of nitrogens with two attached hydrogens (primary N) is 1. The number of benzene rings is 2. The second-order valence-electron chi connectivity index (χ2n) is 4.77. The van der Waals surface area contributed by atoms with Crippen LogP contribution in [0.25, 0.3) is 0 Å². The lowest BCUT2D eigenvalue weighted by atomic mass is 10.2. The zero-order chi connectivity index (χ0) is 17.5. The molecule has 0 unspecified atom stereocenters. The van der Waals surface area contributed by atoms with Gasteiger partial charge in [-0.05, 0) is 36.4 Å². The number of methoxy groups -OCH3 is 1. The van der Waals surface area contributed by atoms with E-state index in [0.717, 1.165) is 0 Å². The van der Waals surface area contributed by atoms with Gasteiger partial charge in [-0.15, -0.1) is 0 Å². The van der Waals surface area contributed by atoms with Crippen molar-refractivity contribution in [1.29, 1.82) is 0 Å². The molecule has 3 N–H and O–H groups in total. The summed E-state index contributed by atoms with van der Waals surface area (Å²) >= 11 is 0. The monoisotopic (exact) mass is 328 g/mol. The molecule has 0 saturated carbocycles. The van der Waals surface area contributed by atoms with E-state index in [-0.39, 0.29) is 17.9 Å². The van der Waals surface area contributed by atoms with Crippen LogP contribution in [-0.4, -0.2) is 31.5 Å². The van der Waals surface area contributed by atoms with Gasteiger partial charge in [0.25, 0.3) is 5.91 Å². The lowest BCUT2D eigenvalue weighted by Crippen LogP contribution is -2.21. The van der Waals surface area contributed by atoms with Crippen molar-refractivity contribution in [2.24, 2.45) is 5.73 Å². The summed E-state index contributed by atoms with van der Waals surface area (Å²) in [5, 5.41) is 2.61. The Balaban J connectivity index is 1.96. The SMILES string of the molecule is COC(=O)c1ccccc1OCC(=O)Nc1ccc(C(N)=O)cc1. The van der Waals surface area contributed by atoms with Crippen molar-refractivity contribution < 1.29 is 23.9 Å². The van der Waals surface area contributed by atoms with Gasteiger partial charge in [0.1, 0.15) is 11.3 Å². The van der Waals surface area contributed by atoms with E-state index in [4.69, 9.17) is 10.5 Å². The second kappa shape index (κ2) is 7.77. The third-order valence-electron chi connectivity index (χ3n) is 3.10. The average molecular weight is 328 g/mol. The maximum atomic E-state index is 11.9. The van der Waals surface area contributed by atoms with Crippen molar-refractivity contribution in [3.8, 4) is 5.75 Å². The Labute approximate surface area is 138 Å². The van der Waals surface area contributed by atoms with Crippen LogP contribution in [0.1, 0.15) is 20.7 Å². The van der Waals surface area contributed by atoms with Gasteiger partial charge < -0.3 is 20.5 Å². The van der Waals surface area contributed by atoms with Crippen LogP contribution < -0.4 is 15.8 Å². The van der Waals surface area contributed by atoms with Crippen LogP contribution in [0.2, 0.25) is 0 Å². The molecular formula is C17H16N2O5.